The molecule has 0 amide bonds. The van der Waals surface area contributed by atoms with Crippen molar-refractivity contribution in [2.24, 2.45) is 5.41 Å². The third-order valence-corrected chi connectivity index (χ3v) is 3.21. The number of hydrogen-bond acceptors (Lipinski definition) is 4. The quantitative estimate of drug-likeness (QED) is 0.933. The molecule has 1 N–H and O–H groups in total. The van der Waals surface area contributed by atoms with Crippen LogP contribution in [0.5, 0.6) is 0 Å². The van der Waals surface area contributed by atoms with Gasteiger partial charge in [0, 0.05) is 6.42 Å². The topological polar surface area (TPSA) is 76.2 Å². The number of benzene rings is 1. The number of rotatable bonds is 3. The monoisotopic (exact) mass is 288 g/mol. The standard InChI is InChI=1S/C16H20N2O3/c1-9-6-7-10(2)13(15(19)20)12(9)14-17-11(18-21-14)8-16(3,4)5/h6-7H,8H2,1-5H3,(H,19,20). The summed E-state index contributed by atoms with van der Waals surface area (Å²) in [6.07, 6.45) is 0.670. The van der Waals surface area contributed by atoms with Crippen LogP contribution in [0.3, 0.4) is 0 Å². The summed E-state index contributed by atoms with van der Waals surface area (Å²) in [4.78, 5) is 15.9. The van der Waals surface area contributed by atoms with Crippen molar-refractivity contribution < 1.29 is 14.4 Å². The van der Waals surface area contributed by atoms with Crippen molar-refractivity contribution in [3.63, 3.8) is 0 Å². The van der Waals surface area contributed by atoms with Crippen LogP contribution in [-0.4, -0.2) is 21.2 Å². The SMILES string of the molecule is Cc1ccc(C)c(-c2nc(CC(C)(C)C)no2)c1C(=O)O. The van der Waals surface area contributed by atoms with Gasteiger partial charge in [0.2, 0.25) is 0 Å². The minimum Gasteiger partial charge on any atom is -0.478 e. The Morgan fingerprint density at radius 3 is 2.43 bits per heavy atom. The van der Waals surface area contributed by atoms with Crippen molar-refractivity contribution in [1.82, 2.24) is 10.1 Å². The molecule has 0 aliphatic heterocycles. The predicted molar refractivity (Wildman–Crippen MR) is 79.3 cm³/mol. The third-order valence-electron chi connectivity index (χ3n) is 3.21. The van der Waals surface area contributed by atoms with E-state index in [0.717, 1.165) is 5.56 Å². The molecule has 2 aromatic rings. The number of carboxylic acid groups (broad SMARTS) is 1. The first-order chi connectivity index (χ1) is 9.69. The Labute approximate surface area is 124 Å². The molecule has 0 atom stereocenters. The fourth-order valence-electron chi connectivity index (χ4n) is 2.26. The molecule has 2 rings (SSSR count). The smallest absolute Gasteiger partial charge is 0.336 e. The van der Waals surface area contributed by atoms with Crippen molar-refractivity contribution >= 4 is 5.97 Å². The Kier molecular flexibility index (Phi) is 3.85. The first-order valence-corrected chi connectivity index (χ1v) is 6.85. The molecule has 1 aromatic heterocycles. The first-order valence-electron chi connectivity index (χ1n) is 6.85. The average molecular weight is 288 g/mol. The van der Waals surface area contributed by atoms with Gasteiger partial charge in [-0.25, -0.2) is 4.79 Å². The maximum atomic E-state index is 11.5. The molecule has 0 unspecified atom stereocenters. The highest BCUT2D eigenvalue weighted by Gasteiger charge is 2.23. The second kappa shape index (κ2) is 5.31. The van der Waals surface area contributed by atoms with Gasteiger partial charge in [-0.2, -0.15) is 4.98 Å². The van der Waals surface area contributed by atoms with E-state index in [-0.39, 0.29) is 16.9 Å². The predicted octanol–water partition coefficient (Wildman–Crippen LogP) is 3.64. The Bertz CT molecular complexity index is 681. The zero-order valence-electron chi connectivity index (χ0n) is 13.0. The van der Waals surface area contributed by atoms with Crippen LogP contribution >= 0.6 is 0 Å². The minimum absolute atomic E-state index is 0.0401. The second-order valence-electron chi connectivity index (χ2n) is 6.51. The van der Waals surface area contributed by atoms with E-state index in [1.54, 1.807) is 13.0 Å². The van der Waals surface area contributed by atoms with Crippen LogP contribution in [0.1, 0.15) is 48.1 Å². The molecule has 0 saturated heterocycles. The molecule has 1 aromatic carbocycles. The number of carboxylic acids is 1. The van der Waals surface area contributed by atoms with Gasteiger partial charge in [-0.1, -0.05) is 38.1 Å². The van der Waals surface area contributed by atoms with E-state index in [1.165, 1.54) is 0 Å². The number of nitrogens with zero attached hydrogens (tertiary/aromatic N) is 2. The summed E-state index contributed by atoms with van der Waals surface area (Å²) in [5.41, 5.74) is 2.26. The molecule has 0 aliphatic carbocycles. The number of hydrogen-bond donors (Lipinski definition) is 1. The van der Waals surface area contributed by atoms with Gasteiger partial charge < -0.3 is 9.63 Å². The van der Waals surface area contributed by atoms with E-state index in [2.05, 4.69) is 30.9 Å². The van der Waals surface area contributed by atoms with Crippen LogP contribution in [0.25, 0.3) is 11.5 Å². The van der Waals surface area contributed by atoms with Crippen LogP contribution in [0, 0.1) is 19.3 Å². The van der Waals surface area contributed by atoms with E-state index in [4.69, 9.17) is 4.52 Å². The van der Waals surface area contributed by atoms with Crippen molar-refractivity contribution in [3.8, 4) is 11.5 Å². The van der Waals surface area contributed by atoms with E-state index >= 15 is 0 Å². The molecule has 1 heterocycles. The van der Waals surface area contributed by atoms with Crippen LogP contribution in [0.2, 0.25) is 0 Å². The van der Waals surface area contributed by atoms with Crippen molar-refractivity contribution in [2.75, 3.05) is 0 Å². The lowest BCUT2D eigenvalue weighted by Crippen LogP contribution is -2.10. The lowest BCUT2D eigenvalue weighted by molar-refractivity contribution is 0.0696. The van der Waals surface area contributed by atoms with Gasteiger partial charge in [-0.3, -0.25) is 0 Å². The summed E-state index contributed by atoms with van der Waals surface area (Å²) in [6, 6.07) is 3.65. The molecule has 0 radical (unpaired) electrons. The van der Waals surface area contributed by atoms with E-state index in [9.17, 15) is 9.90 Å². The highest BCUT2D eigenvalue weighted by molar-refractivity contribution is 5.97. The average Bonchev–Trinajstić information content (AvgIpc) is 2.76. The summed E-state index contributed by atoms with van der Waals surface area (Å²) in [5, 5.41) is 13.4. The molecule has 21 heavy (non-hydrogen) atoms. The normalized spacial score (nSPS) is 11.7. The molecule has 0 bridgehead atoms. The molecular formula is C16H20N2O3. The molecular weight excluding hydrogens is 268 g/mol. The van der Waals surface area contributed by atoms with Gasteiger partial charge in [0.1, 0.15) is 0 Å². The molecule has 0 saturated carbocycles. The van der Waals surface area contributed by atoms with Crippen LogP contribution in [0.15, 0.2) is 16.7 Å². The summed E-state index contributed by atoms with van der Waals surface area (Å²) in [6.45, 7) is 9.87. The minimum atomic E-state index is -0.984. The molecule has 0 aliphatic rings. The van der Waals surface area contributed by atoms with Crippen LogP contribution in [-0.2, 0) is 6.42 Å². The summed E-state index contributed by atoms with van der Waals surface area (Å²) in [7, 11) is 0. The lowest BCUT2D eigenvalue weighted by Gasteiger charge is -2.14. The van der Waals surface area contributed by atoms with Gasteiger partial charge in [0.05, 0.1) is 11.1 Å². The summed E-state index contributed by atoms with van der Waals surface area (Å²) in [5.74, 6) is -0.121. The van der Waals surface area contributed by atoms with Crippen molar-refractivity contribution in [1.29, 1.82) is 0 Å². The zero-order valence-corrected chi connectivity index (χ0v) is 13.0. The Morgan fingerprint density at radius 2 is 1.86 bits per heavy atom. The first kappa shape index (κ1) is 15.2. The van der Waals surface area contributed by atoms with Gasteiger partial charge in [-0.15, -0.1) is 0 Å². The van der Waals surface area contributed by atoms with E-state index in [0.29, 0.717) is 23.4 Å². The summed E-state index contributed by atoms with van der Waals surface area (Å²) < 4.78 is 5.30. The van der Waals surface area contributed by atoms with Gasteiger partial charge in [-0.05, 0) is 30.4 Å². The molecule has 112 valence electrons. The number of carbonyl (C=O) groups is 1. The maximum absolute atomic E-state index is 11.5. The van der Waals surface area contributed by atoms with Gasteiger partial charge in [0.15, 0.2) is 5.82 Å². The second-order valence-corrected chi connectivity index (χ2v) is 6.51. The number of aromatic nitrogens is 2. The highest BCUT2D eigenvalue weighted by atomic mass is 16.5. The maximum Gasteiger partial charge on any atom is 0.336 e. The molecule has 0 fully saturated rings. The summed E-state index contributed by atoms with van der Waals surface area (Å²) >= 11 is 0. The largest absolute Gasteiger partial charge is 0.478 e. The fourth-order valence-corrected chi connectivity index (χ4v) is 2.26. The Hall–Kier alpha value is -2.17. The van der Waals surface area contributed by atoms with Crippen molar-refractivity contribution in [2.45, 2.75) is 41.0 Å². The fraction of sp³-hybridized carbons (Fsp3) is 0.438. The Balaban J connectivity index is 2.52. The lowest BCUT2D eigenvalue weighted by atomic mass is 9.92. The van der Waals surface area contributed by atoms with E-state index in [1.807, 2.05) is 13.0 Å². The zero-order chi connectivity index (χ0) is 15.8. The van der Waals surface area contributed by atoms with Crippen LogP contribution < -0.4 is 0 Å². The molecule has 5 heteroatoms. The Morgan fingerprint density at radius 1 is 1.24 bits per heavy atom. The number of aromatic carboxylic acids is 1. The molecule has 5 nitrogen and oxygen atoms in total. The van der Waals surface area contributed by atoms with Gasteiger partial charge >= 0.3 is 5.97 Å². The van der Waals surface area contributed by atoms with Crippen molar-refractivity contribution in [3.05, 3.63) is 34.6 Å². The third kappa shape index (κ3) is 3.29. The highest BCUT2D eigenvalue weighted by Crippen LogP contribution is 2.29. The number of aryl methyl sites for hydroxylation is 2. The van der Waals surface area contributed by atoms with Gasteiger partial charge in [0.25, 0.3) is 5.89 Å². The molecule has 0 spiro atoms. The van der Waals surface area contributed by atoms with E-state index < -0.39 is 5.97 Å². The van der Waals surface area contributed by atoms with Crippen LogP contribution in [0.4, 0.5) is 0 Å².